The van der Waals surface area contributed by atoms with Crippen LogP contribution in [0.5, 0.6) is 0 Å². The summed E-state index contributed by atoms with van der Waals surface area (Å²) in [4.78, 5) is 14.0. The minimum absolute atomic E-state index is 0.0484. The average Bonchev–Trinajstić information content (AvgIpc) is 3.23. The zero-order valence-electron chi connectivity index (χ0n) is 18.2. The number of ether oxygens (including phenoxy) is 1. The fourth-order valence-electron chi connectivity index (χ4n) is 4.04. The van der Waals surface area contributed by atoms with Crippen molar-refractivity contribution in [2.24, 2.45) is 0 Å². The number of nitrogens with zero attached hydrogens (tertiary/aromatic N) is 5. The first-order valence-corrected chi connectivity index (χ1v) is 10.8. The zero-order chi connectivity index (χ0) is 23.4. The summed E-state index contributed by atoms with van der Waals surface area (Å²) in [5.41, 5.74) is 1.95. The molecule has 8 nitrogen and oxygen atoms in total. The molecule has 1 aliphatic rings. The fraction of sp³-hybridized carbons (Fsp3) is 0.455. The summed E-state index contributed by atoms with van der Waals surface area (Å²) in [5, 5.41) is 13.8. The van der Waals surface area contributed by atoms with Crippen molar-refractivity contribution >= 4 is 23.1 Å². The predicted octanol–water partition coefficient (Wildman–Crippen LogP) is 3.89. The monoisotopic (exact) mass is 462 g/mol. The van der Waals surface area contributed by atoms with E-state index in [4.69, 9.17) is 4.74 Å². The van der Waals surface area contributed by atoms with E-state index in [1.807, 2.05) is 29.2 Å². The lowest BCUT2D eigenvalue weighted by molar-refractivity contribution is -0.146. The molecule has 3 aromatic rings. The molecular weight excluding hydrogens is 437 g/mol. The van der Waals surface area contributed by atoms with E-state index in [0.29, 0.717) is 38.4 Å². The van der Waals surface area contributed by atoms with Crippen LogP contribution in [0, 0.1) is 0 Å². The summed E-state index contributed by atoms with van der Waals surface area (Å²) in [6.45, 7) is 1.85. The minimum Gasteiger partial charge on any atom is -0.385 e. The average molecular weight is 462 g/mol. The summed E-state index contributed by atoms with van der Waals surface area (Å²) in [6.07, 6.45) is -1.92. The maximum atomic E-state index is 13.1. The van der Waals surface area contributed by atoms with Gasteiger partial charge in [-0.25, -0.2) is 0 Å². The second kappa shape index (κ2) is 9.74. The van der Waals surface area contributed by atoms with Gasteiger partial charge in [0.2, 0.25) is 5.91 Å². The molecular formula is C22H25F3N6O2. The van der Waals surface area contributed by atoms with Crippen LogP contribution in [0.1, 0.15) is 43.0 Å². The van der Waals surface area contributed by atoms with Gasteiger partial charge >= 0.3 is 6.18 Å². The third-order valence-electron chi connectivity index (χ3n) is 5.72. The molecule has 0 aliphatic carbocycles. The van der Waals surface area contributed by atoms with Gasteiger partial charge in [0.1, 0.15) is 5.82 Å². The van der Waals surface area contributed by atoms with Crippen molar-refractivity contribution in [1.82, 2.24) is 19.8 Å². The van der Waals surface area contributed by atoms with Gasteiger partial charge in [-0.2, -0.15) is 17.7 Å². The number of anilines is 2. The Bertz CT molecular complexity index is 1110. The van der Waals surface area contributed by atoms with Crippen molar-refractivity contribution in [1.29, 1.82) is 0 Å². The lowest BCUT2D eigenvalue weighted by Gasteiger charge is -2.33. The molecule has 1 saturated heterocycles. The van der Waals surface area contributed by atoms with Crippen molar-refractivity contribution in [3.05, 3.63) is 47.8 Å². The molecule has 0 radical (unpaired) electrons. The Hall–Kier alpha value is -3.21. The van der Waals surface area contributed by atoms with E-state index in [-0.39, 0.29) is 17.5 Å². The first kappa shape index (κ1) is 23.0. The molecule has 1 aliphatic heterocycles. The number of nitrogens with one attached hydrogen (secondary N) is 1. The Morgan fingerprint density at radius 3 is 2.70 bits per heavy atom. The quantitative estimate of drug-likeness (QED) is 0.537. The molecule has 176 valence electrons. The van der Waals surface area contributed by atoms with Gasteiger partial charge in [0.15, 0.2) is 5.65 Å². The van der Waals surface area contributed by atoms with E-state index in [2.05, 4.69) is 20.6 Å². The zero-order valence-corrected chi connectivity index (χ0v) is 18.2. The number of aromatic nitrogens is 4. The number of alkyl halides is 3. The van der Waals surface area contributed by atoms with Crippen LogP contribution in [0.2, 0.25) is 0 Å². The highest BCUT2D eigenvalue weighted by atomic mass is 19.4. The first-order valence-electron chi connectivity index (χ1n) is 10.8. The Morgan fingerprint density at radius 2 is 1.97 bits per heavy atom. The number of fused-ring (bicyclic) bond motifs is 1. The number of hydrogen-bond acceptors (Lipinski definition) is 6. The number of methoxy groups -OCH3 is 1. The van der Waals surface area contributed by atoms with Crippen molar-refractivity contribution in [2.45, 2.75) is 37.8 Å². The topological polar surface area (TPSA) is 84.6 Å². The van der Waals surface area contributed by atoms with Gasteiger partial charge in [0.05, 0.1) is 0 Å². The number of piperidine rings is 1. The van der Waals surface area contributed by atoms with Crippen LogP contribution in [0.15, 0.2) is 36.4 Å². The molecule has 1 fully saturated rings. The molecule has 1 N–H and O–H groups in total. The molecule has 33 heavy (non-hydrogen) atoms. The number of carbonyl (C=O) groups excluding carboxylic acids is 1. The van der Waals surface area contributed by atoms with Crippen LogP contribution in [-0.4, -0.2) is 52.5 Å². The molecule has 0 atom stereocenters. The first-order chi connectivity index (χ1) is 15.8. The van der Waals surface area contributed by atoms with E-state index in [0.717, 1.165) is 28.6 Å². The molecule has 4 rings (SSSR count). The third kappa shape index (κ3) is 5.41. The molecule has 0 bridgehead atoms. The highest BCUT2D eigenvalue weighted by molar-refractivity contribution is 5.90. The van der Waals surface area contributed by atoms with Crippen molar-refractivity contribution in [2.75, 3.05) is 37.0 Å². The molecule has 0 saturated carbocycles. The predicted molar refractivity (Wildman–Crippen MR) is 116 cm³/mol. The summed E-state index contributed by atoms with van der Waals surface area (Å²) < 4.78 is 45.2. The van der Waals surface area contributed by atoms with Crippen LogP contribution >= 0.6 is 0 Å². The van der Waals surface area contributed by atoms with Gasteiger partial charge in [-0.05, 0) is 55.0 Å². The smallest absolute Gasteiger partial charge is 0.385 e. The summed E-state index contributed by atoms with van der Waals surface area (Å²) in [6, 6.07) is 11.0. The van der Waals surface area contributed by atoms with Crippen molar-refractivity contribution in [3.63, 3.8) is 0 Å². The van der Waals surface area contributed by atoms with Gasteiger partial charge in [0.25, 0.3) is 5.82 Å². The molecule has 0 unspecified atom stereocenters. The number of benzene rings is 1. The minimum atomic E-state index is -4.62. The highest BCUT2D eigenvalue weighted by Crippen LogP contribution is 2.32. The highest BCUT2D eigenvalue weighted by Gasteiger charge is 2.38. The Balaban J connectivity index is 1.40. The molecule has 2 aromatic heterocycles. The van der Waals surface area contributed by atoms with E-state index >= 15 is 0 Å². The van der Waals surface area contributed by atoms with Crippen LogP contribution < -0.4 is 10.2 Å². The maximum absolute atomic E-state index is 13.1. The van der Waals surface area contributed by atoms with Crippen molar-refractivity contribution < 1.29 is 22.7 Å². The number of hydrogen-bond donors (Lipinski definition) is 1. The Labute approximate surface area is 188 Å². The van der Waals surface area contributed by atoms with Gasteiger partial charge in [-0.1, -0.05) is 12.1 Å². The Kier molecular flexibility index (Phi) is 6.77. The molecule has 11 heteroatoms. The van der Waals surface area contributed by atoms with Crippen LogP contribution in [0.4, 0.5) is 24.7 Å². The molecule has 1 aromatic carbocycles. The summed E-state index contributed by atoms with van der Waals surface area (Å²) in [7, 11) is 1.61. The van der Waals surface area contributed by atoms with Crippen molar-refractivity contribution in [3.8, 4) is 0 Å². The van der Waals surface area contributed by atoms with E-state index in [1.165, 1.54) is 6.07 Å². The van der Waals surface area contributed by atoms with Crippen LogP contribution in [-0.2, 0) is 15.7 Å². The number of rotatable bonds is 7. The lowest BCUT2D eigenvalue weighted by atomic mass is 9.89. The SMILES string of the molecule is COCCCC(=O)Nc1cccc(C2CCN(c3ccc4nnc(C(F)(F)F)n4n3)CC2)c1. The lowest BCUT2D eigenvalue weighted by Crippen LogP contribution is -2.34. The third-order valence-corrected chi connectivity index (χ3v) is 5.72. The second-order valence-corrected chi connectivity index (χ2v) is 8.01. The maximum Gasteiger partial charge on any atom is 0.453 e. The van der Waals surface area contributed by atoms with Crippen LogP contribution in [0.3, 0.4) is 0 Å². The van der Waals surface area contributed by atoms with Gasteiger partial charge in [-0.15, -0.1) is 15.3 Å². The summed E-state index contributed by atoms with van der Waals surface area (Å²) in [5.74, 6) is -0.428. The van der Waals surface area contributed by atoms with Gasteiger partial charge < -0.3 is 15.0 Å². The largest absolute Gasteiger partial charge is 0.453 e. The number of carbonyl (C=O) groups is 1. The molecule has 0 spiro atoms. The van der Waals surface area contributed by atoms with E-state index in [1.54, 1.807) is 13.2 Å². The standard InChI is InChI=1S/C22H25F3N6O2/c1-33-13-3-6-20(32)26-17-5-2-4-16(14-17)15-9-11-30(12-10-15)19-8-7-18-27-28-21(22(23,24)25)31(18)29-19/h2,4-5,7-8,14-15H,3,6,9-13H2,1H3,(H,26,32). The number of amides is 1. The van der Waals surface area contributed by atoms with E-state index in [9.17, 15) is 18.0 Å². The van der Waals surface area contributed by atoms with Gasteiger partial charge in [0, 0.05) is 38.9 Å². The summed E-state index contributed by atoms with van der Waals surface area (Å²) >= 11 is 0. The normalized spacial score (nSPS) is 15.2. The van der Waals surface area contributed by atoms with Gasteiger partial charge in [-0.3, -0.25) is 4.79 Å². The Morgan fingerprint density at radius 1 is 1.18 bits per heavy atom. The van der Waals surface area contributed by atoms with Crippen LogP contribution in [0.25, 0.3) is 5.65 Å². The molecule has 3 heterocycles. The number of halogens is 3. The fourth-order valence-corrected chi connectivity index (χ4v) is 4.04. The molecule has 1 amide bonds. The second-order valence-electron chi connectivity index (χ2n) is 8.01. The van der Waals surface area contributed by atoms with E-state index < -0.39 is 12.0 Å².